The number of hydrogen-bond acceptors (Lipinski definition) is 5. The van der Waals surface area contributed by atoms with Crippen LogP contribution in [0.5, 0.6) is 0 Å². The number of aromatic nitrogens is 2. The van der Waals surface area contributed by atoms with Crippen LogP contribution in [-0.4, -0.2) is 21.4 Å². The van der Waals surface area contributed by atoms with Crippen molar-refractivity contribution in [3.63, 3.8) is 0 Å². The summed E-state index contributed by atoms with van der Waals surface area (Å²) in [6.07, 6.45) is 10.4. The van der Waals surface area contributed by atoms with Crippen LogP contribution in [0.15, 0.2) is 16.7 Å². The minimum absolute atomic E-state index is 0.137. The highest BCUT2D eigenvalue weighted by molar-refractivity contribution is 7.99. The summed E-state index contributed by atoms with van der Waals surface area (Å²) in [6, 6.07) is 0.137. The van der Waals surface area contributed by atoms with Gasteiger partial charge in [-0.3, -0.25) is 0 Å². The summed E-state index contributed by atoms with van der Waals surface area (Å²) in [5.41, 5.74) is 5.83. The van der Waals surface area contributed by atoms with Gasteiger partial charge in [-0.1, -0.05) is 30.2 Å². The third kappa shape index (κ3) is 2.78. The minimum atomic E-state index is 0.137. The molecule has 5 heteroatoms. The lowest BCUT2D eigenvalue weighted by atomic mass is 10.1. The van der Waals surface area contributed by atoms with Gasteiger partial charge < -0.3 is 10.3 Å². The average molecular weight is 265 g/mol. The van der Waals surface area contributed by atoms with Gasteiger partial charge in [0.15, 0.2) is 5.82 Å². The highest BCUT2D eigenvalue weighted by atomic mass is 32.2. The van der Waals surface area contributed by atoms with E-state index >= 15 is 0 Å². The molecule has 3 rings (SSSR count). The third-order valence-corrected chi connectivity index (χ3v) is 5.04. The molecule has 1 heterocycles. The van der Waals surface area contributed by atoms with Crippen molar-refractivity contribution in [2.24, 2.45) is 5.73 Å². The standard InChI is InChI=1S/C13H19N3OS/c14-10-6-5-9(7-10)13-15-12(16-17-13)8-18-11-3-1-2-4-11/h5-6,9-11H,1-4,7-8,14H2. The molecule has 2 aliphatic rings. The number of nitrogens with zero attached hydrogens (tertiary/aromatic N) is 2. The molecule has 2 unspecified atom stereocenters. The maximum absolute atomic E-state index is 5.83. The second-order valence-corrected chi connectivity index (χ2v) is 6.45. The molecule has 18 heavy (non-hydrogen) atoms. The zero-order valence-corrected chi connectivity index (χ0v) is 11.2. The first kappa shape index (κ1) is 12.2. The fourth-order valence-corrected chi connectivity index (χ4v) is 3.80. The Morgan fingerprint density at radius 1 is 1.33 bits per heavy atom. The molecule has 0 aromatic carbocycles. The zero-order chi connectivity index (χ0) is 12.4. The van der Waals surface area contributed by atoms with Crippen molar-refractivity contribution in [2.75, 3.05) is 0 Å². The molecule has 4 nitrogen and oxygen atoms in total. The number of nitrogens with two attached hydrogens (primary N) is 1. The lowest BCUT2D eigenvalue weighted by Crippen LogP contribution is -2.14. The molecule has 98 valence electrons. The largest absolute Gasteiger partial charge is 0.339 e. The maximum atomic E-state index is 5.83. The Morgan fingerprint density at radius 3 is 2.89 bits per heavy atom. The van der Waals surface area contributed by atoms with Gasteiger partial charge in [-0.05, 0) is 19.3 Å². The number of rotatable bonds is 4. The molecule has 2 atom stereocenters. The van der Waals surface area contributed by atoms with Crippen molar-refractivity contribution < 1.29 is 4.52 Å². The molecular formula is C13H19N3OS. The molecule has 1 saturated carbocycles. The summed E-state index contributed by atoms with van der Waals surface area (Å²) < 4.78 is 5.33. The van der Waals surface area contributed by atoms with Crippen LogP contribution in [0.25, 0.3) is 0 Å². The van der Waals surface area contributed by atoms with E-state index in [4.69, 9.17) is 10.3 Å². The lowest BCUT2D eigenvalue weighted by Gasteiger charge is -2.05. The van der Waals surface area contributed by atoms with Crippen LogP contribution in [0.2, 0.25) is 0 Å². The SMILES string of the molecule is NC1C=CC(c2nc(CSC3CCCC3)no2)C1. The molecule has 1 aromatic rings. The number of allylic oxidation sites excluding steroid dienone is 1. The molecule has 2 N–H and O–H groups in total. The van der Waals surface area contributed by atoms with Crippen molar-refractivity contribution >= 4 is 11.8 Å². The Balaban J connectivity index is 1.54. The van der Waals surface area contributed by atoms with Gasteiger partial charge in [0.25, 0.3) is 0 Å². The first-order valence-corrected chi connectivity index (χ1v) is 7.74. The summed E-state index contributed by atoms with van der Waals surface area (Å²) in [7, 11) is 0. The summed E-state index contributed by atoms with van der Waals surface area (Å²) >= 11 is 1.97. The molecule has 0 bridgehead atoms. The van der Waals surface area contributed by atoms with Crippen LogP contribution in [0.1, 0.15) is 49.7 Å². The van der Waals surface area contributed by atoms with Crippen LogP contribution in [0.3, 0.4) is 0 Å². The smallest absolute Gasteiger partial charge is 0.233 e. The Kier molecular flexibility index (Phi) is 3.70. The summed E-state index contributed by atoms with van der Waals surface area (Å²) in [6.45, 7) is 0. The topological polar surface area (TPSA) is 64.9 Å². The van der Waals surface area contributed by atoms with Gasteiger partial charge >= 0.3 is 0 Å². The van der Waals surface area contributed by atoms with Gasteiger partial charge in [-0.25, -0.2) is 0 Å². The van der Waals surface area contributed by atoms with Gasteiger partial charge in [-0.15, -0.1) is 0 Å². The summed E-state index contributed by atoms with van der Waals surface area (Å²) in [4.78, 5) is 4.48. The zero-order valence-electron chi connectivity index (χ0n) is 10.4. The minimum Gasteiger partial charge on any atom is -0.339 e. The van der Waals surface area contributed by atoms with Crippen LogP contribution in [0, 0.1) is 0 Å². The highest BCUT2D eigenvalue weighted by Gasteiger charge is 2.23. The van der Waals surface area contributed by atoms with E-state index in [1.807, 2.05) is 17.8 Å². The summed E-state index contributed by atoms with van der Waals surface area (Å²) in [5, 5.41) is 4.86. The van der Waals surface area contributed by atoms with E-state index in [1.54, 1.807) is 0 Å². The van der Waals surface area contributed by atoms with E-state index in [-0.39, 0.29) is 12.0 Å². The molecule has 2 aliphatic carbocycles. The van der Waals surface area contributed by atoms with E-state index in [0.717, 1.165) is 29.1 Å². The van der Waals surface area contributed by atoms with E-state index in [9.17, 15) is 0 Å². The molecule has 0 aliphatic heterocycles. The second kappa shape index (κ2) is 5.45. The number of thioether (sulfide) groups is 1. The first-order chi connectivity index (χ1) is 8.81. The van der Waals surface area contributed by atoms with Gasteiger partial charge in [0.2, 0.25) is 5.89 Å². The predicted octanol–water partition coefficient (Wildman–Crippen LogP) is 2.62. The van der Waals surface area contributed by atoms with Crippen molar-refractivity contribution in [1.29, 1.82) is 0 Å². The highest BCUT2D eigenvalue weighted by Crippen LogP contribution is 2.32. The Hall–Kier alpha value is -0.810. The van der Waals surface area contributed by atoms with Crippen molar-refractivity contribution in [2.45, 2.75) is 55.1 Å². The molecule has 0 spiro atoms. The third-order valence-electron chi connectivity index (χ3n) is 3.67. The van der Waals surface area contributed by atoms with E-state index < -0.39 is 0 Å². The Morgan fingerprint density at radius 2 is 2.17 bits per heavy atom. The summed E-state index contributed by atoms with van der Waals surface area (Å²) in [5.74, 6) is 2.64. The van der Waals surface area contributed by atoms with Crippen LogP contribution in [0.4, 0.5) is 0 Å². The fourth-order valence-electron chi connectivity index (χ4n) is 2.63. The van der Waals surface area contributed by atoms with Crippen molar-refractivity contribution in [1.82, 2.24) is 10.1 Å². The van der Waals surface area contributed by atoms with E-state index in [2.05, 4.69) is 16.2 Å². The van der Waals surface area contributed by atoms with Crippen LogP contribution in [-0.2, 0) is 5.75 Å². The Labute approximate surface area is 111 Å². The van der Waals surface area contributed by atoms with E-state index in [1.165, 1.54) is 25.7 Å². The monoisotopic (exact) mass is 265 g/mol. The molecule has 1 fully saturated rings. The molecule has 0 amide bonds. The van der Waals surface area contributed by atoms with E-state index in [0.29, 0.717) is 0 Å². The average Bonchev–Trinajstić information content (AvgIpc) is 3.07. The second-order valence-electron chi connectivity index (χ2n) is 5.16. The quantitative estimate of drug-likeness (QED) is 0.848. The lowest BCUT2D eigenvalue weighted by molar-refractivity contribution is 0.361. The van der Waals surface area contributed by atoms with Crippen molar-refractivity contribution in [3.8, 4) is 0 Å². The van der Waals surface area contributed by atoms with Gasteiger partial charge in [0.05, 0.1) is 11.7 Å². The fraction of sp³-hybridized carbons (Fsp3) is 0.692. The van der Waals surface area contributed by atoms with Crippen molar-refractivity contribution in [3.05, 3.63) is 23.9 Å². The first-order valence-electron chi connectivity index (χ1n) is 6.69. The van der Waals surface area contributed by atoms with Crippen LogP contribution >= 0.6 is 11.8 Å². The molecular weight excluding hydrogens is 246 g/mol. The van der Waals surface area contributed by atoms with Crippen LogP contribution < -0.4 is 5.73 Å². The number of hydrogen-bond donors (Lipinski definition) is 1. The molecule has 0 radical (unpaired) electrons. The van der Waals surface area contributed by atoms with Gasteiger partial charge in [-0.2, -0.15) is 16.7 Å². The molecule has 1 aromatic heterocycles. The normalized spacial score (nSPS) is 28.3. The molecule has 0 saturated heterocycles. The maximum Gasteiger partial charge on any atom is 0.233 e. The Bertz CT molecular complexity index is 426. The van der Waals surface area contributed by atoms with Gasteiger partial charge in [0, 0.05) is 11.3 Å². The predicted molar refractivity (Wildman–Crippen MR) is 72.3 cm³/mol. The van der Waals surface area contributed by atoms with Gasteiger partial charge in [0.1, 0.15) is 0 Å².